The second kappa shape index (κ2) is 6.45. The largest absolute Gasteiger partial charge is 0.394 e. The van der Waals surface area contributed by atoms with Gasteiger partial charge in [-0.1, -0.05) is 24.3 Å². The number of nitrogens with one attached hydrogen (secondary N) is 2. The quantitative estimate of drug-likeness (QED) is 0.787. The number of nitrogens with zero attached hydrogens (tertiary/aromatic N) is 2. The van der Waals surface area contributed by atoms with E-state index < -0.39 is 17.1 Å². The molecule has 3 rings (SSSR count). The number of anilines is 1. The van der Waals surface area contributed by atoms with Gasteiger partial charge >= 0.3 is 6.03 Å². The fourth-order valence-corrected chi connectivity index (χ4v) is 3.19. The molecule has 24 heavy (non-hydrogen) atoms. The number of aromatic nitrogens is 2. The summed E-state index contributed by atoms with van der Waals surface area (Å²) in [6, 6.07) is 7.21. The number of hydrogen-bond donors (Lipinski definition) is 3. The summed E-state index contributed by atoms with van der Waals surface area (Å²) in [5.74, 6) is -0.0466. The molecule has 126 valence electrons. The molecule has 0 saturated heterocycles. The van der Waals surface area contributed by atoms with E-state index in [0.717, 1.165) is 24.0 Å². The Bertz CT molecular complexity index is 817. The topological polar surface area (TPSA) is 96.2 Å². The first-order valence-electron chi connectivity index (χ1n) is 7.86. The van der Waals surface area contributed by atoms with Gasteiger partial charge < -0.3 is 15.0 Å². The highest BCUT2D eigenvalue weighted by Crippen LogP contribution is 2.35. The predicted octanol–water partition coefficient (Wildman–Crippen LogP) is 1.13. The normalized spacial score (nSPS) is 19.4. The maximum absolute atomic E-state index is 12.4. The van der Waals surface area contributed by atoms with Crippen LogP contribution in [0.2, 0.25) is 0 Å². The molecule has 0 radical (unpaired) electrons. The molecule has 0 fully saturated rings. The van der Waals surface area contributed by atoms with Crippen molar-refractivity contribution in [2.24, 2.45) is 7.05 Å². The van der Waals surface area contributed by atoms with Crippen molar-refractivity contribution in [3.63, 3.8) is 0 Å². The summed E-state index contributed by atoms with van der Waals surface area (Å²) in [5.41, 5.74) is 0.795. The second-order valence-electron chi connectivity index (χ2n) is 6.02. The lowest BCUT2D eigenvalue weighted by molar-refractivity contribution is 0.147. The van der Waals surface area contributed by atoms with Gasteiger partial charge in [0, 0.05) is 19.4 Å². The molecule has 3 N–H and O–H groups in total. The molecule has 7 nitrogen and oxygen atoms in total. The molecule has 0 bridgehead atoms. The number of fused-ring (bicyclic) bond motifs is 1. The number of benzene rings is 1. The minimum Gasteiger partial charge on any atom is -0.394 e. The van der Waals surface area contributed by atoms with Crippen LogP contribution in [0, 0.1) is 0 Å². The van der Waals surface area contributed by atoms with Crippen molar-refractivity contribution in [2.45, 2.75) is 24.8 Å². The Kier molecular flexibility index (Phi) is 4.35. The molecule has 2 aromatic rings. The van der Waals surface area contributed by atoms with Gasteiger partial charge in [-0.2, -0.15) is 0 Å². The van der Waals surface area contributed by atoms with Gasteiger partial charge in [0.1, 0.15) is 0 Å². The average molecular weight is 328 g/mol. The van der Waals surface area contributed by atoms with Gasteiger partial charge in [-0.15, -0.1) is 0 Å². The molecule has 1 aliphatic carbocycles. The van der Waals surface area contributed by atoms with Crippen LogP contribution in [0.4, 0.5) is 10.6 Å². The molecular formula is C17H20N4O3. The maximum Gasteiger partial charge on any atom is 0.321 e. The van der Waals surface area contributed by atoms with Crippen LogP contribution in [0.1, 0.15) is 24.0 Å². The van der Waals surface area contributed by atoms with Gasteiger partial charge in [0.25, 0.3) is 5.56 Å². The first-order valence-corrected chi connectivity index (χ1v) is 7.86. The standard InChI is InChI=1S/C17H20N4O3/c1-21-10-9-18-14(15(21)23)19-16(24)20-17(11-22)8-4-6-12-5-2-3-7-13(12)17/h2-3,5,7,9-10,22H,4,6,8,11H2,1H3,(H2,18,19,20,24). The zero-order valence-corrected chi connectivity index (χ0v) is 13.5. The van der Waals surface area contributed by atoms with Crippen molar-refractivity contribution in [1.82, 2.24) is 14.9 Å². The van der Waals surface area contributed by atoms with Crippen molar-refractivity contribution in [2.75, 3.05) is 11.9 Å². The number of urea groups is 1. The number of hydrogen-bond acceptors (Lipinski definition) is 4. The first kappa shape index (κ1) is 16.2. The van der Waals surface area contributed by atoms with Crippen LogP contribution >= 0.6 is 0 Å². The zero-order chi connectivity index (χ0) is 17.2. The highest BCUT2D eigenvalue weighted by atomic mass is 16.3. The van der Waals surface area contributed by atoms with E-state index >= 15 is 0 Å². The van der Waals surface area contributed by atoms with E-state index in [1.807, 2.05) is 24.3 Å². The smallest absolute Gasteiger partial charge is 0.321 e. The third kappa shape index (κ3) is 2.90. The molecule has 7 heteroatoms. The Morgan fingerprint density at radius 2 is 2.21 bits per heavy atom. The van der Waals surface area contributed by atoms with Crippen LogP contribution in [0.5, 0.6) is 0 Å². The second-order valence-corrected chi connectivity index (χ2v) is 6.02. The van der Waals surface area contributed by atoms with Gasteiger partial charge in [-0.25, -0.2) is 9.78 Å². The summed E-state index contributed by atoms with van der Waals surface area (Å²) in [6.45, 7) is -0.211. The molecule has 1 aliphatic rings. The zero-order valence-electron chi connectivity index (χ0n) is 13.5. The summed E-state index contributed by atoms with van der Waals surface area (Å²) in [4.78, 5) is 28.2. The number of rotatable bonds is 3. The highest BCUT2D eigenvalue weighted by Gasteiger charge is 2.37. The maximum atomic E-state index is 12.4. The molecule has 2 amide bonds. The molecule has 1 unspecified atom stereocenters. The Labute approximate surface area is 139 Å². The molecule has 1 aromatic carbocycles. The van der Waals surface area contributed by atoms with Crippen LogP contribution in [-0.2, 0) is 19.0 Å². The predicted molar refractivity (Wildman–Crippen MR) is 89.8 cm³/mol. The minimum atomic E-state index is -0.848. The van der Waals surface area contributed by atoms with E-state index in [-0.39, 0.29) is 12.4 Å². The van der Waals surface area contributed by atoms with Gasteiger partial charge in [0.2, 0.25) is 5.82 Å². The number of aliphatic hydroxyl groups excluding tert-OH is 1. The van der Waals surface area contributed by atoms with E-state index in [2.05, 4.69) is 15.6 Å². The van der Waals surface area contributed by atoms with Crippen molar-refractivity contribution in [3.8, 4) is 0 Å². The summed E-state index contributed by atoms with van der Waals surface area (Å²) >= 11 is 0. The number of carbonyl (C=O) groups is 1. The van der Waals surface area contributed by atoms with Crippen LogP contribution < -0.4 is 16.2 Å². The minimum absolute atomic E-state index is 0.0466. The Hall–Kier alpha value is -2.67. The van der Waals surface area contributed by atoms with Crippen LogP contribution in [0.25, 0.3) is 0 Å². The number of aliphatic hydroxyl groups is 1. The lowest BCUT2D eigenvalue weighted by atomic mass is 9.77. The van der Waals surface area contributed by atoms with Crippen molar-refractivity contribution < 1.29 is 9.90 Å². The Morgan fingerprint density at radius 3 is 3.00 bits per heavy atom. The van der Waals surface area contributed by atoms with Gasteiger partial charge in [0.15, 0.2) is 0 Å². The SMILES string of the molecule is Cn1ccnc(NC(=O)NC2(CO)CCCc3ccccc32)c1=O. The van der Waals surface area contributed by atoms with E-state index in [9.17, 15) is 14.7 Å². The van der Waals surface area contributed by atoms with Crippen molar-refractivity contribution in [1.29, 1.82) is 0 Å². The van der Waals surface area contributed by atoms with Gasteiger partial charge in [-0.05, 0) is 30.4 Å². The summed E-state index contributed by atoms with van der Waals surface area (Å²) in [6.07, 6.45) is 5.37. The molecule has 1 atom stereocenters. The first-order chi connectivity index (χ1) is 11.6. The Balaban J connectivity index is 1.85. The number of aryl methyl sites for hydroxylation is 2. The van der Waals surface area contributed by atoms with Gasteiger partial charge in [-0.3, -0.25) is 10.1 Å². The summed E-state index contributed by atoms with van der Waals surface area (Å²) in [7, 11) is 1.58. The fourth-order valence-electron chi connectivity index (χ4n) is 3.19. The number of carbonyl (C=O) groups excluding carboxylic acids is 1. The van der Waals surface area contributed by atoms with E-state index in [1.165, 1.54) is 17.0 Å². The molecule has 0 spiro atoms. The van der Waals surface area contributed by atoms with Crippen LogP contribution in [0.15, 0.2) is 41.5 Å². The molecular weight excluding hydrogens is 308 g/mol. The van der Waals surface area contributed by atoms with E-state index in [4.69, 9.17) is 0 Å². The van der Waals surface area contributed by atoms with E-state index in [1.54, 1.807) is 7.05 Å². The third-order valence-corrected chi connectivity index (χ3v) is 4.45. The van der Waals surface area contributed by atoms with Gasteiger partial charge in [0.05, 0.1) is 12.1 Å². The van der Waals surface area contributed by atoms with E-state index in [0.29, 0.717) is 6.42 Å². The third-order valence-electron chi connectivity index (χ3n) is 4.45. The van der Waals surface area contributed by atoms with Crippen LogP contribution in [0.3, 0.4) is 0 Å². The lowest BCUT2D eigenvalue weighted by Crippen LogP contribution is -2.52. The molecule has 1 heterocycles. The average Bonchev–Trinajstić information content (AvgIpc) is 2.59. The fraction of sp³-hybridized carbons (Fsp3) is 0.353. The molecule has 0 aliphatic heterocycles. The highest BCUT2D eigenvalue weighted by molar-refractivity contribution is 5.88. The van der Waals surface area contributed by atoms with Crippen LogP contribution in [-0.4, -0.2) is 27.3 Å². The molecule has 1 aromatic heterocycles. The Morgan fingerprint density at radius 1 is 1.42 bits per heavy atom. The lowest BCUT2D eigenvalue weighted by Gasteiger charge is -2.38. The van der Waals surface area contributed by atoms with Crippen molar-refractivity contribution in [3.05, 3.63) is 58.1 Å². The summed E-state index contributed by atoms with van der Waals surface area (Å²) in [5, 5.41) is 15.3. The summed E-state index contributed by atoms with van der Waals surface area (Å²) < 4.78 is 1.33. The number of amides is 2. The molecule has 0 saturated carbocycles. The monoisotopic (exact) mass is 328 g/mol. The van der Waals surface area contributed by atoms with Crippen molar-refractivity contribution >= 4 is 11.8 Å².